The fraction of sp³-hybridized carbons (Fsp3) is 0.944. The van der Waals surface area contributed by atoms with Crippen LogP contribution in [-0.4, -0.2) is 75.5 Å². The second kappa shape index (κ2) is 9.19. The monoisotopic (exact) mass is 466 g/mol. The Morgan fingerprint density at radius 3 is 2.68 bits per heavy atom. The molecular weight excluding hydrogens is 431 g/mol. The van der Waals surface area contributed by atoms with Crippen LogP contribution in [0, 0.1) is 11.3 Å². The largest absolute Gasteiger partial charge is 0.379 e. The fourth-order valence-electron chi connectivity index (χ4n) is 4.55. The minimum Gasteiger partial charge on any atom is -0.379 e. The fourth-order valence-corrected chi connectivity index (χ4v) is 4.55. The summed E-state index contributed by atoms with van der Waals surface area (Å²) in [7, 11) is 1.86. The number of fused-ring (bicyclic) bond motifs is 1. The van der Waals surface area contributed by atoms with Crippen molar-refractivity contribution in [2.24, 2.45) is 16.3 Å². The molecule has 3 aliphatic rings. The van der Waals surface area contributed by atoms with E-state index in [0.717, 1.165) is 45.4 Å². The van der Waals surface area contributed by atoms with Gasteiger partial charge < -0.3 is 20.1 Å². The first-order valence-electron chi connectivity index (χ1n) is 9.44. The highest BCUT2D eigenvalue weighted by Gasteiger charge is 2.58. The number of halogens is 1. The number of morpholine rings is 1. The molecule has 1 aliphatic carbocycles. The van der Waals surface area contributed by atoms with Gasteiger partial charge in [-0.3, -0.25) is 9.89 Å². The van der Waals surface area contributed by atoms with Crippen molar-refractivity contribution in [3.8, 4) is 0 Å². The molecule has 2 aliphatic heterocycles. The van der Waals surface area contributed by atoms with Gasteiger partial charge in [-0.05, 0) is 19.8 Å². The Morgan fingerprint density at radius 1 is 1.28 bits per heavy atom. The molecular formula is C18H35IN4O2. The van der Waals surface area contributed by atoms with Crippen LogP contribution in [0.5, 0.6) is 0 Å². The van der Waals surface area contributed by atoms with Crippen molar-refractivity contribution in [3.05, 3.63) is 0 Å². The summed E-state index contributed by atoms with van der Waals surface area (Å²) in [6.45, 7) is 12.4. The van der Waals surface area contributed by atoms with Gasteiger partial charge in [-0.1, -0.05) is 13.8 Å². The van der Waals surface area contributed by atoms with Crippen LogP contribution in [0.25, 0.3) is 0 Å². The molecule has 3 rings (SSSR count). The summed E-state index contributed by atoms with van der Waals surface area (Å²) in [6, 6.07) is 0.917. The molecule has 0 spiro atoms. The molecule has 0 amide bonds. The van der Waals surface area contributed by atoms with Gasteiger partial charge in [0.15, 0.2) is 5.96 Å². The van der Waals surface area contributed by atoms with Crippen molar-refractivity contribution in [2.45, 2.75) is 51.8 Å². The number of aliphatic imine (C=N–C) groups is 1. The number of rotatable bonds is 4. The van der Waals surface area contributed by atoms with Crippen LogP contribution in [0.1, 0.15) is 33.6 Å². The van der Waals surface area contributed by atoms with E-state index in [4.69, 9.17) is 9.47 Å². The van der Waals surface area contributed by atoms with Crippen LogP contribution in [0.3, 0.4) is 0 Å². The van der Waals surface area contributed by atoms with Gasteiger partial charge in [-0.2, -0.15) is 0 Å². The summed E-state index contributed by atoms with van der Waals surface area (Å²) in [6.07, 6.45) is 2.83. The Bertz CT molecular complexity index is 454. The number of hydrogen-bond donors (Lipinski definition) is 2. The van der Waals surface area contributed by atoms with E-state index in [-0.39, 0.29) is 29.4 Å². The molecule has 0 bridgehead atoms. The zero-order chi connectivity index (χ0) is 17.2. The van der Waals surface area contributed by atoms with Crippen molar-refractivity contribution >= 4 is 29.9 Å². The Balaban J connectivity index is 0.00000225. The molecule has 3 fully saturated rings. The molecule has 6 nitrogen and oxygen atoms in total. The maximum Gasteiger partial charge on any atom is 0.191 e. The highest BCUT2D eigenvalue weighted by Crippen LogP contribution is 2.51. The lowest BCUT2D eigenvalue weighted by Gasteiger charge is -2.60. The minimum atomic E-state index is 0. The first kappa shape index (κ1) is 21.2. The van der Waals surface area contributed by atoms with Gasteiger partial charge in [0.2, 0.25) is 0 Å². The van der Waals surface area contributed by atoms with Gasteiger partial charge in [-0.15, -0.1) is 24.0 Å². The summed E-state index contributed by atoms with van der Waals surface area (Å²) in [4.78, 5) is 6.91. The van der Waals surface area contributed by atoms with E-state index >= 15 is 0 Å². The molecule has 2 saturated heterocycles. The molecule has 0 aromatic heterocycles. The Labute approximate surface area is 169 Å². The molecule has 0 aromatic carbocycles. The average molecular weight is 466 g/mol. The summed E-state index contributed by atoms with van der Waals surface area (Å²) in [5.41, 5.74) is 0.165. The maximum atomic E-state index is 6.00. The second-order valence-corrected chi connectivity index (χ2v) is 7.99. The van der Waals surface area contributed by atoms with Gasteiger partial charge in [-0.25, -0.2) is 0 Å². The van der Waals surface area contributed by atoms with E-state index in [9.17, 15) is 0 Å². The molecule has 4 unspecified atom stereocenters. The highest BCUT2D eigenvalue weighted by molar-refractivity contribution is 14.0. The molecule has 0 aromatic rings. The Kier molecular flexibility index (Phi) is 7.79. The summed E-state index contributed by atoms with van der Waals surface area (Å²) in [5, 5.41) is 7.18. The summed E-state index contributed by atoms with van der Waals surface area (Å²) >= 11 is 0. The van der Waals surface area contributed by atoms with Crippen molar-refractivity contribution < 1.29 is 9.47 Å². The topological polar surface area (TPSA) is 58.1 Å². The number of nitrogens with zero attached hydrogens (tertiary/aromatic N) is 2. The van der Waals surface area contributed by atoms with Gasteiger partial charge in [0.05, 0.1) is 19.3 Å². The molecule has 4 atom stereocenters. The van der Waals surface area contributed by atoms with Crippen LogP contribution >= 0.6 is 24.0 Å². The van der Waals surface area contributed by atoms with Crippen molar-refractivity contribution in [2.75, 3.05) is 46.5 Å². The van der Waals surface area contributed by atoms with Gasteiger partial charge in [0.1, 0.15) is 0 Å². The van der Waals surface area contributed by atoms with E-state index in [2.05, 4.69) is 41.3 Å². The lowest BCUT2D eigenvalue weighted by molar-refractivity contribution is -0.188. The zero-order valence-electron chi connectivity index (χ0n) is 16.1. The second-order valence-electron chi connectivity index (χ2n) is 7.99. The highest BCUT2D eigenvalue weighted by atomic mass is 127. The van der Waals surface area contributed by atoms with Crippen LogP contribution in [0.4, 0.5) is 0 Å². The SMILES string of the molecule is CN=C(NCC(C)N1CCOCC1)NC1C2CCCOC2C1(C)C.I. The van der Waals surface area contributed by atoms with Crippen LogP contribution in [-0.2, 0) is 9.47 Å². The van der Waals surface area contributed by atoms with Crippen LogP contribution in [0.15, 0.2) is 4.99 Å². The summed E-state index contributed by atoms with van der Waals surface area (Å²) in [5.74, 6) is 1.53. The van der Waals surface area contributed by atoms with Crippen molar-refractivity contribution in [1.29, 1.82) is 0 Å². The molecule has 7 heteroatoms. The third kappa shape index (κ3) is 4.59. The molecule has 25 heavy (non-hydrogen) atoms. The minimum absolute atomic E-state index is 0. The first-order chi connectivity index (χ1) is 11.5. The molecule has 1 saturated carbocycles. The van der Waals surface area contributed by atoms with Gasteiger partial charge in [0.25, 0.3) is 0 Å². The summed E-state index contributed by atoms with van der Waals surface area (Å²) < 4.78 is 11.4. The van der Waals surface area contributed by atoms with E-state index in [1.807, 2.05) is 7.05 Å². The predicted octanol–water partition coefficient (Wildman–Crippen LogP) is 1.69. The number of hydrogen-bond acceptors (Lipinski definition) is 4. The Morgan fingerprint density at radius 2 is 2.00 bits per heavy atom. The standard InChI is InChI=1S/C18H34N4O2.HI/c1-13(22-7-10-23-11-8-22)12-20-17(19-4)21-15-14-6-5-9-24-16(14)18(15,2)3;/h13-16H,5-12H2,1-4H3,(H2,19,20,21);1H. The third-order valence-electron chi connectivity index (χ3n) is 6.08. The lowest BCUT2D eigenvalue weighted by atomic mass is 9.55. The average Bonchev–Trinajstić information content (AvgIpc) is 2.62. The molecule has 2 N–H and O–H groups in total. The third-order valence-corrected chi connectivity index (χ3v) is 6.08. The van der Waals surface area contributed by atoms with E-state index in [1.54, 1.807) is 0 Å². The Hall–Kier alpha value is -0.120. The normalized spacial score (nSPS) is 33.4. The molecule has 2 heterocycles. The van der Waals surface area contributed by atoms with Gasteiger partial charge in [0, 0.05) is 56.7 Å². The van der Waals surface area contributed by atoms with E-state index in [1.165, 1.54) is 12.8 Å². The lowest BCUT2D eigenvalue weighted by Crippen LogP contribution is -2.71. The number of nitrogens with one attached hydrogen (secondary N) is 2. The van der Waals surface area contributed by atoms with Crippen molar-refractivity contribution in [3.63, 3.8) is 0 Å². The predicted molar refractivity (Wildman–Crippen MR) is 112 cm³/mol. The molecule has 0 radical (unpaired) electrons. The van der Waals surface area contributed by atoms with E-state index < -0.39 is 0 Å². The van der Waals surface area contributed by atoms with E-state index in [0.29, 0.717) is 24.1 Å². The number of guanidine groups is 1. The quantitative estimate of drug-likeness (QED) is 0.375. The number of ether oxygens (including phenoxy) is 2. The zero-order valence-corrected chi connectivity index (χ0v) is 18.4. The molecule has 146 valence electrons. The first-order valence-corrected chi connectivity index (χ1v) is 9.44. The van der Waals surface area contributed by atoms with Crippen LogP contribution in [0.2, 0.25) is 0 Å². The van der Waals surface area contributed by atoms with Crippen molar-refractivity contribution in [1.82, 2.24) is 15.5 Å². The smallest absolute Gasteiger partial charge is 0.191 e. The maximum absolute atomic E-state index is 6.00. The van der Waals surface area contributed by atoms with Gasteiger partial charge >= 0.3 is 0 Å². The van der Waals surface area contributed by atoms with Crippen LogP contribution < -0.4 is 10.6 Å².